The molecule has 3 saturated carbocycles. The number of aliphatic hydroxyl groups is 3. The van der Waals surface area contributed by atoms with Crippen molar-refractivity contribution in [2.45, 2.75) is 117 Å². The SMILES string of the molecule is C=C1/C(=C\C=C2/CCC[C@]3(C)[C@@H]([C@H](C)CCCC(C)(C)O)CC[C@@H]23)C[C@H](O)C[C@H]1[C@H](C)O. The standard InChI is InChI=1S/C29H48O3/c1-19(9-7-15-28(4,5)32)26-13-14-27-22(10-8-16-29(26,27)6)11-12-23-17-24(31)18-25(20(23)2)21(3)30/h11-12,19,21,24-27,30-32H,2,7-10,13-18H2,1,3-6H3/b22-11+,23-12-/t19-,21+,24+,25-,26-,27+,29-/m1/s1. The smallest absolute Gasteiger partial charge is 0.0591 e. The third-order valence-corrected chi connectivity index (χ3v) is 9.10. The normalized spacial score (nSPS) is 38.2. The van der Waals surface area contributed by atoms with Gasteiger partial charge in [-0.3, -0.25) is 0 Å². The van der Waals surface area contributed by atoms with Gasteiger partial charge < -0.3 is 15.3 Å². The monoisotopic (exact) mass is 444 g/mol. The molecule has 0 amide bonds. The average Bonchev–Trinajstić information content (AvgIpc) is 3.04. The van der Waals surface area contributed by atoms with E-state index in [-0.39, 0.29) is 12.0 Å². The molecule has 0 aliphatic heterocycles. The van der Waals surface area contributed by atoms with E-state index in [0.717, 1.165) is 29.9 Å². The number of hydrogen-bond acceptors (Lipinski definition) is 3. The van der Waals surface area contributed by atoms with Gasteiger partial charge in [0, 0.05) is 5.92 Å². The minimum Gasteiger partial charge on any atom is -0.393 e. The van der Waals surface area contributed by atoms with E-state index in [4.69, 9.17) is 0 Å². The Labute approximate surface area is 196 Å². The first-order valence-electron chi connectivity index (χ1n) is 13.1. The van der Waals surface area contributed by atoms with Crippen molar-refractivity contribution in [3.63, 3.8) is 0 Å². The summed E-state index contributed by atoms with van der Waals surface area (Å²) in [5, 5.41) is 30.5. The van der Waals surface area contributed by atoms with Crippen molar-refractivity contribution in [2.75, 3.05) is 0 Å². The zero-order valence-electron chi connectivity index (χ0n) is 21.2. The average molecular weight is 445 g/mol. The third-order valence-electron chi connectivity index (χ3n) is 9.10. The van der Waals surface area contributed by atoms with Crippen molar-refractivity contribution in [1.82, 2.24) is 0 Å². The highest BCUT2D eigenvalue weighted by molar-refractivity contribution is 5.38. The summed E-state index contributed by atoms with van der Waals surface area (Å²) < 4.78 is 0. The molecule has 0 aromatic heterocycles. The first-order chi connectivity index (χ1) is 14.9. The molecule has 3 aliphatic rings. The van der Waals surface area contributed by atoms with Crippen LogP contribution >= 0.6 is 0 Å². The van der Waals surface area contributed by atoms with Crippen molar-refractivity contribution < 1.29 is 15.3 Å². The van der Waals surface area contributed by atoms with Crippen molar-refractivity contribution >= 4 is 0 Å². The Bertz CT molecular complexity index is 725. The van der Waals surface area contributed by atoms with Gasteiger partial charge in [0.2, 0.25) is 0 Å². The number of fused-ring (bicyclic) bond motifs is 1. The van der Waals surface area contributed by atoms with Crippen LogP contribution in [0.15, 0.2) is 35.5 Å². The van der Waals surface area contributed by atoms with Crippen LogP contribution in [0.5, 0.6) is 0 Å². The lowest BCUT2D eigenvalue weighted by Crippen LogP contribution is -2.36. The summed E-state index contributed by atoms with van der Waals surface area (Å²) in [6.45, 7) is 14.9. The summed E-state index contributed by atoms with van der Waals surface area (Å²) in [4.78, 5) is 0. The summed E-state index contributed by atoms with van der Waals surface area (Å²) in [6, 6.07) is 0. The third kappa shape index (κ3) is 5.77. The van der Waals surface area contributed by atoms with Gasteiger partial charge in [0.1, 0.15) is 0 Å². The zero-order chi connectivity index (χ0) is 23.7. The molecule has 3 heteroatoms. The first-order valence-corrected chi connectivity index (χ1v) is 13.1. The summed E-state index contributed by atoms with van der Waals surface area (Å²) >= 11 is 0. The van der Waals surface area contributed by atoms with Crippen LogP contribution in [0.1, 0.15) is 98.8 Å². The predicted molar refractivity (Wildman–Crippen MR) is 133 cm³/mol. The molecule has 0 heterocycles. The molecule has 0 spiro atoms. The molecule has 3 rings (SSSR count). The molecular weight excluding hydrogens is 396 g/mol. The maximum Gasteiger partial charge on any atom is 0.0591 e. The van der Waals surface area contributed by atoms with Gasteiger partial charge in [-0.25, -0.2) is 0 Å². The van der Waals surface area contributed by atoms with E-state index in [1.807, 2.05) is 13.8 Å². The summed E-state index contributed by atoms with van der Waals surface area (Å²) in [5.74, 6) is 2.08. The van der Waals surface area contributed by atoms with E-state index in [1.54, 1.807) is 12.5 Å². The molecule has 0 unspecified atom stereocenters. The Hall–Kier alpha value is -0.900. The number of allylic oxidation sites excluding steroid dienone is 3. The largest absolute Gasteiger partial charge is 0.393 e. The second-order valence-electron chi connectivity index (χ2n) is 12.2. The Kier molecular flexibility index (Phi) is 8.16. The van der Waals surface area contributed by atoms with Gasteiger partial charge in [-0.05, 0) is 106 Å². The van der Waals surface area contributed by atoms with Crippen LogP contribution in [0.3, 0.4) is 0 Å². The van der Waals surface area contributed by atoms with E-state index >= 15 is 0 Å². The molecule has 0 bridgehead atoms. The lowest BCUT2D eigenvalue weighted by atomic mass is 9.60. The van der Waals surface area contributed by atoms with Crippen LogP contribution < -0.4 is 0 Å². The topological polar surface area (TPSA) is 60.7 Å². The van der Waals surface area contributed by atoms with Crippen molar-refractivity contribution in [2.24, 2.45) is 29.1 Å². The minimum absolute atomic E-state index is 0.0411. The summed E-state index contributed by atoms with van der Waals surface area (Å²) in [7, 11) is 0. The van der Waals surface area contributed by atoms with Gasteiger partial charge in [0.05, 0.1) is 17.8 Å². The first kappa shape index (κ1) is 25.7. The molecular formula is C29H48O3. The Morgan fingerprint density at radius 1 is 1.22 bits per heavy atom. The number of aliphatic hydroxyl groups excluding tert-OH is 2. The lowest BCUT2D eigenvalue weighted by Gasteiger charge is -2.44. The van der Waals surface area contributed by atoms with Crippen molar-refractivity contribution in [3.05, 3.63) is 35.5 Å². The molecule has 0 radical (unpaired) electrons. The highest BCUT2D eigenvalue weighted by Gasteiger charge is 2.50. The minimum atomic E-state index is -0.556. The van der Waals surface area contributed by atoms with Crippen LogP contribution in [0.25, 0.3) is 0 Å². The van der Waals surface area contributed by atoms with E-state index in [9.17, 15) is 15.3 Å². The van der Waals surface area contributed by atoms with Crippen LogP contribution in [-0.2, 0) is 0 Å². The van der Waals surface area contributed by atoms with Crippen LogP contribution in [-0.4, -0.2) is 33.1 Å². The van der Waals surface area contributed by atoms with E-state index in [1.165, 1.54) is 38.5 Å². The molecule has 32 heavy (non-hydrogen) atoms. The number of hydrogen-bond donors (Lipinski definition) is 3. The zero-order valence-corrected chi connectivity index (χ0v) is 21.2. The van der Waals surface area contributed by atoms with E-state index in [0.29, 0.717) is 30.1 Å². The van der Waals surface area contributed by atoms with E-state index < -0.39 is 11.7 Å². The molecule has 0 aromatic carbocycles. The van der Waals surface area contributed by atoms with Crippen LogP contribution in [0.2, 0.25) is 0 Å². The molecule has 3 fully saturated rings. The summed E-state index contributed by atoms with van der Waals surface area (Å²) in [5.41, 5.74) is 3.52. The molecule has 7 atom stereocenters. The predicted octanol–water partition coefficient (Wildman–Crippen LogP) is 6.34. The molecule has 0 aromatic rings. The Morgan fingerprint density at radius 2 is 1.94 bits per heavy atom. The van der Waals surface area contributed by atoms with Gasteiger partial charge in [0.15, 0.2) is 0 Å². The highest BCUT2D eigenvalue weighted by atomic mass is 16.3. The van der Waals surface area contributed by atoms with Gasteiger partial charge in [-0.1, -0.05) is 51.0 Å². The maximum absolute atomic E-state index is 10.3. The van der Waals surface area contributed by atoms with Gasteiger partial charge in [0.25, 0.3) is 0 Å². The van der Waals surface area contributed by atoms with E-state index in [2.05, 4.69) is 32.6 Å². The lowest BCUT2D eigenvalue weighted by molar-refractivity contribution is 0.0596. The molecule has 182 valence electrons. The molecule has 3 N–H and O–H groups in total. The maximum atomic E-state index is 10.3. The second kappa shape index (κ2) is 10.2. The van der Waals surface area contributed by atoms with Crippen molar-refractivity contribution in [3.8, 4) is 0 Å². The molecule has 3 aliphatic carbocycles. The second-order valence-corrected chi connectivity index (χ2v) is 12.2. The molecule has 0 saturated heterocycles. The van der Waals surface area contributed by atoms with Gasteiger partial charge >= 0.3 is 0 Å². The van der Waals surface area contributed by atoms with Gasteiger partial charge in [-0.2, -0.15) is 0 Å². The van der Waals surface area contributed by atoms with Crippen LogP contribution in [0.4, 0.5) is 0 Å². The summed E-state index contributed by atoms with van der Waals surface area (Å²) in [6.07, 6.45) is 14.5. The Morgan fingerprint density at radius 3 is 2.59 bits per heavy atom. The quantitative estimate of drug-likeness (QED) is 0.429. The van der Waals surface area contributed by atoms with Crippen LogP contribution in [0, 0.1) is 29.1 Å². The van der Waals surface area contributed by atoms with Crippen molar-refractivity contribution in [1.29, 1.82) is 0 Å². The van der Waals surface area contributed by atoms with Gasteiger partial charge in [-0.15, -0.1) is 0 Å². The fourth-order valence-electron chi connectivity index (χ4n) is 7.28. The number of rotatable bonds is 7. The highest BCUT2D eigenvalue weighted by Crippen LogP contribution is 2.60. The fourth-order valence-corrected chi connectivity index (χ4v) is 7.28. The fraction of sp³-hybridized carbons (Fsp3) is 0.793. The Balaban J connectivity index is 1.72. The molecule has 3 nitrogen and oxygen atoms in total.